The molecule has 0 spiro atoms. The maximum atomic E-state index is 11.9. The van der Waals surface area contributed by atoms with Crippen molar-refractivity contribution in [3.63, 3.8) is 0 Å². The van der Waals surface area contributed by atoms with E-state index in [1.165, 1.54) is 5.56 Å². The van der Waals surface area contributed by atoms with Gasteiger partial charge in [-0.05, 0) is 24.8 Å². The standard InChI is InChI=1S/C15H21N3O/c1-2-13(10-11-16)18-15(19)14(17)9-8-12-6-4-3-5-7-12/h3-7,13-14H,2,8-10,17H2,1H3,(H,18,19)/t13?,14-/m0/s1. The molecule has 102 valence electrons. The lowest BCUT2D eigenvalue weighted by molar-refractivity contribution is -0.123. The van der Waals surface area contributed by atoms with Crippen molar-refractivity contribution in [1.29, 1.82) is 5.26 Å². The Hall–Kier alpha value is -1.86. The highest BCUT2D eigenvalue weighted by molar-refractivity contribution is 5.81. The third kappa shape index (κ3) is 5.54. The lowest BCUT2D eigenvalue weighted by Crippen LogP contribution is -2.45. The summed E-state index contributed by atoms with van der Waals surface area (Å²) in [6, 6.07) is 11.4. The zero-order valence-corrected chi connectivity index (χ0v) is 11.3. The number of benzene rings is 1. The van der Waals surface area contributed by atoms with Crippen LogP contribution >= 0.6 is 0 Å². The van der Waals surface area contributed by atoms with E-state index in [4.69, 9.17) is 11.0 Å². The van der Waals surface area contributed by atoms with Crippen LogP contribution in [0.2, 0.25) is 0 Å². The zero-order valence-electron chi connectivity index (χ0n) is 11.3. The van der Waals surface area contributed by atoms with Crippen molar-refractivity contribution in [2.75, 3.05) is 0 Å². The number of nitrogens with two attached hydrogens (primary N) is 1. The molecule has 4 nitrogen and oxygen atoms in total. The highest BCUT2D eigenvalue weighted by Gasteiger charge is 2.16. The second kappa shape index (κ2) is 8.28. The van der Waals surface area contributed by atoms with E-state index < -0.39 is 6.04 Å². The number of nitriles is 1. The molecule has 0 saturated heterocycles. The van der Waals surface area contributed by atoms with Crippen molar-refractivity contribution in [2.45, 2.75) is 44.7 Å². The fourth-order valence-electron chi connectivity index (χ4n) is 1.81. The molecule has 0 aliphatic carbocycles. The van der Waals surface area contributed by atoms with Crippen molar-refractivity contribution in [3.8, 4) is 6.07 Å². The molecule has 1 unspecified atom stereocenters. The van der Waals surface area contributed by atoms with Crippen LogP contribution in [0, 0.1) is 11.3 Å². The first kappa shape index (κ1) is 15.2. The van der Waals surface area contributed by atoms with E-state index >= 15 is 0 Å². The van der Waals surface area contributed by atoms with Gasteiger partial charge in [0.2, 0.25) is 5.91 Å². The topological polar surface area (TPSA) is 78.9 Å². The second-order valence-electron chi connectivity index (χ2n) is 4.61. The fraction of sp³-hybridized carbons (Fsp3) is 0.467. The third-order valence-corrected chi connectivity index (χ3v) is 3.10. The Labute approximate surface area is 114 Å². The van der Waals surface area contributed by atoms with E-state index in [1.54, 1.807) is 0 Å². The average Bonchev–Trinajstić information content (AvgIpc) is 2.45. The molecule has 0 aromatic heterocycles. The Balaban J connectivity index is 2.38. The average molecular weight is 259 g/mol. The van der Waals surface area contributed by atoms with E-state index in [9.17, 15) is 4.79 Å². The van der Waals surface area contributed by atoms with Crippen LogP contribution in [-0.4, -0.2) is 18.0 Å². The molecule has 4 heteroatoms. The van der Waals surface area contributed by atoms with Gasteiger partial charge in [-0.25, -0.2) is 0 Å². The van der Waals surface area contributed by atoms with Gasteiger partial charge in [-0.2, -0.15) is 5.26 Å². The number of nitrogens with one attached hydrogen (secondary N) is 1. The van der Waals surface area contributed by atoms with Crippen LogP contribution < -0.4 is 11.1 Å². The Kier molecular flexibility index (Phi) is 6.62. The first-order valence-electron chi connectivity index (χ1n) is 6.64. The van der Waals surface area contributed by atoms with Gasteiger partial charge >= 0.3 is 0 Å². The van der Waals surface area contributed by atoms with Gasteiger partial charge in [-0.15, -0.1) is 0 Å². The number of carbonyl (C=O) groups is 1. The predicted molar refractivity (Wildman–Crippen MR) is 75.2 cm³/mol. The first-order chi connectivity index (χ1) is 9.17. The molecule has 0 aliphatic rings. The lowest BCUT2D eigenvalue weighted by atomic mass is 10.0. The minimum absolute atomic E-state index is 0.0970. The van der Waals surface area contributed by atoms with E-state index in [1.807, 2.05) is 37.3 Å². The number of amides is 1. The Morgan fingerprint density at radius 1 is 1.42 bits per heavy atom. The van der Waals surface area contributed by atoms with Crippen LogP contribution in [0.15, 0.2) is 30.3 Å². The molecule has 1 aromatic rings. The van der Waals surface area contributed by atoms with Gasteiger partial charge in [0, 0.05) is 6.04 Å². The summed E-state index contributed by atoms with van der Waals surface area (Å²) in [5, 5.41) is 11.5. The van der Waals surface area contributed by atoms with E-state index in [0.29, 0.717) is 12.8 Å². The summed E-state index contributed by atoms with van der Waals surface area (Å²) in [7, 11) is 0. The molecular weight excluding hydrogens is 238 g/mol. The molecule has 0 aliphatic heterocycles. The van der Waals surface area contributed by atoms with Crippen molar-refractivity contribution >= 4 is 5.91 Å². The number of hydrogen-bond acceptors (Lipinski definition) is 3. The molecule has 1 rings (SSSR count). The minimum atomic E-state index is -0.520. The smallest absolute Gasteiger partial charge is 0.237 e. The molecule has 0 saturated carbocycles. The molecule has 0 heterocycles. The number of carbonyl (C=O) groups excluding carboxylic acids is 1. The van der Waals surface area contributed by atoms with Crippen LogP contribution in [0.3, 0.4) is 0 Å². The van der Waals surface area contributed by atoms with E-state index in [-0.39, 0.29) is 11.9 Å². The number of nitrogens with zero attached hydrogens (tertiary/aromatic N) is 1. The molecule has 1 aromatic carbocycles. The summed E-state index contributed by atoms with van der Waals surface area (Å²) in [5.74, 6) is -0.168. The summed E-state index contributed by atoms with van der Waals surface area (Å²) in [5.41, 5.74) is 7.05. The summed E-state index contributed by atoms with van der Waals surface area (Å²) in [4.78, 5) is 11.9. The molecule has 0 radical (unpaired) electrons. The lowest BCUT2D eigenvalue weighted by Gasteiger charge is -2.17. The van der Waals surface area contributed by atoms with Crippen LogP contribution in [0.5, 0.6) is 0 Å². The van der Waals surface area contributed by atoms with Crippen molar-refractivity contribution in [1.82, 2.24) is 5.32 Å². The Bertz CT molecular complexity index is 425. The Morgan fingerprint density at radius 3 is 2.68 bits per heavy atom. The van der Waals surface area contributed by atoms with Crippen molar-refractivity contribution in [3.05, 3.63) is 35.9 Å². The van der Waals surface area contributed by atoms with Gasteiger partial charge in [0.15, 0.2) is 0 Å². The van der Waals surface area contributed by atoms with Crippen LogP contribution in [0.4, 0.5) is 0 Å². The largest absolute Gasteiger partial charge is 0.351 e. The quantitative estimate of drug-likeness (QED) is 0.783. The third-order valence-electron chi connectivity index (χ3n) is 3.10. The number of hydrogen-bond donors (Lipinski definition) is 2. The maximum absolute atomic E-state index is 11.9. The summed E-state index contributed by atoms with van der Waals surface area (Å²) < 4.78 is 0. The molecule has 0 fully saturated rings. The normalized spacial score (nSPS) is 13.3. The van der Waals surface area contributed by atoms with Gasteiger partial charge in [0.25, 0.3) is 0 Å². The molecule has 3 N–H and O–H groups in total. The van der Waals surface area contributed by atoms with Crippen molar-refractivity contribution in [2.24, 2.45) is 5.73 Å². The van der Waals surface area contributed by atoms with Gasteiger partial charge < -0.3 is 11.1 Å². The van der Waals surface area contributed by atoms with Gasteiger partial charge in [0.1, 0.15) is 0 Å². The van der Waals surface area contributed by atoms with Crippen molar-refractivity contribution < 1.29 is 4.79 Å². The SMILES string of the molecule is CCC(CC#N)NC(=O)[C@@H](N)CCc1ccccc1. The molecule has 1 amide bonds. The van der Waals surface area contributed by atoms with Crippen LogP contribution in [0.25, 0.3) is 0 Å². The fourth-order valence-corrected chi connectivity index (χ4v) is 1.81. The number of aryl methyl sites for hydroxylation is 1. The first-order valence-corrected chi connectivity index (χ1v) is 6.64. The summed E-state index contributed by atoms with van der Waals surface area (Å²) >= 11 is 0. The molecule has 2 atom stereocenters. The molecule has 0 bridgehead atoms. The maximum Gasteiger partial charge on any atom is 0.237 e. The highest BCUT2D eigenvalue weighted by atomic mass is 16.2. The summed E-state index contributed by atoms with van der Waals surface area (Å²) in [6.45, 7) is 1.94. The minimum Gasteiger partial charge on any atom is -0.351 e. The van der Waals surface area contributed by atoms with Crippen LogP contribution in [0.1, 0.15) is 31.7 Å². The van der Waals surface area contributed by atoms with Crippen LogP contribution in [-0.2, 0) is 11.2 Å². The van der Waals surface area contributed by atoms with Gasteiger partial charge in [-0.3, -0.25) is 4.79 Å². The zero-order chi connectivity index (χ0) is 14.1. The monoisotopic (exact) mass is 259 g/mol. The van der Waals surface area contributed by atoms with Gasteiger partial charge in [0.05, 0.1) is 18.5 Å². The predicted octanol–water partition coefficient (Wildman–Crippen LogP) is 1.75. The summed E-state index contributed by atoms with van der Waals surface area (Å²) in [6.07, 6.45) is 2.46. The molecular formula is C15H21N3O. The number of rotatable bonds is 7. The van der Waals surface area contributed by atoms with Gasteiger partial charge in [-0.1, -0.05) is 37.3 Å². The van der Waals surface area contributed by atoms with E-state index in [0.717, 1.165) is 12.8 Å². The molecule has 19 heavy (non-hydrogen) atoms. The second-order valence-corrected chi connectivity index (χ2v) is 4.61. The Morgan fingerprint density at radius 2 is 2.11 bits per heavy atom. The highest BCUT2D eigenvalue weighted by Crippen LogP contribution is 2.05. The van der Waals surface area contributed by atoms with E-state index in [2.05, 4.69) is 11.4 Å².